The van der Waals surface area contributed by atoms with E-state index in [1.54, 1.807) is 12.1 Å². The summed E-state index contributed by atoms with van der Waals surface area (Å²) in [7, 11) is 0. The van der Waals surface area contributed by atoms with E-state index in [2.05, 4.69) is 5.32 Å². The molecule has 0 aliphatic heterocycles. The lowest BCUT2D eigenvalue weighted by Crippen LogP contribution is -2.38. The smallest absolute Gasteiger partial charge is 0.252 e. The molecule has 2 aromatic carbocycles. The maximum Gasteiger partial charge on any atom is 0.252 e. The summed E-state index contributed by atoms with van der Waals surface area (Å²) in [5, 5.41) is 14.1. The molecule has 6 heteroatoms. The highest BCUT2D eigenvalue weighted by Gasteiger charge is 2.28. The van der Waals surface area contributed by atoms with Crippen LogP contribution in [0, 0.1) is 5.82 Å². The highest BCUT2D eigenvalue weighted by molar-refractivity contribution is 6.33. The van der Waals surface area contributed by atoms with E-state index in [1.165, 1.54) is 13.0 Å². The van der Waals surface area contributed by atoms with Crippen LogP contribution in [-0.4, -0.2) is 17.6 Å². The number of carbonyl (C=O) groups excluding carboxylic acids is 1. The number of amides is 1. The highest BCUT2D eigenvalue weighted by atomic mass is 35.5. The van der Waals surface area contributed by atoms with Crippen LogP contribution in [0.25, 0.3) is 11.0 Å². The first-order chi connectivity index (χ1) is 11.4. The highest BCUT2D eigenvalue weighted by Crippen LogP contribution is 2.27. The van der Waals surface area contributed by atoms with Gasteiger partial charge in [-0.1, -0.05) is 29.8 Å². The Kier molecular flexibility index (Phi) is 4.30. The lowest BCUT2D eigenvalue weighted by Gasteiger charge is -2.21. The molecule has 0 spiro atoms. The number of aliphatic hydroxyl groups is 1. The van der Waals surface area contributed by atoms with E-state index in [1.807, 2.05) is 18.2 Å². The van der Waals surface area contributed by atoms with Crippen LogP contribution >= 0.6 is 11.6 Å². The summed E-state index contributed by atoms with van der Waals surface area (Å²) in [6, 6.07) is 12.6. The van der Waals surface area contributed by atoms with Crippen LogP contribution in [-0.2, 0) is 5.60 Å². The Bertz CT molecular complexity index is 871. The molecule has 2 N–H and O–H groups in total. The molecular weight excluding hydrogens is 333 g/mol. The third-order valence-electron chi connectivity index (χ3n) is 3.73. The van der Waals surface area contributed by atoms with Gasteiger partial charge in [0.2, 0.25) is 0 Å². The van der Waals surface area contributed by atoms with Crippen molar-refractivity contribution in [2.24, 2.45) is 0 Å². The molecule has 24 heavy (non-hydrogen) atoms. The Morgan fingerprint density at radius 2 is 2.04 bits per heavy atom. The van der Waals surface area contributed by atoms with Crippen molar-refractivity contribution >= 4 is 28.5 Å². The van der Waals surface area contributed by atoms with E-state index in [-0.39, 0.29) is 17.1 Å². The molecule has 1 heterocycles. The fourth-order valence-electron chi connectivity index (χ4n) is 2.36. The summed E-state index contributed by atoms with van der Waals surface area (Å²) in [5.41, 5.74) is -0.611. The van der Waals surface area contributed by atoms with Gasteiger partial charge in [0.05, 0.1) is 17.1 Å². The van der Waals surface area contributed by atoms with Crippen LogP contribution < -0.4 is 5.32 Å². The molecule has 124 valence electrons. The molecule has 3 aromatic rings. The van der Waals surface area contributed by atoms with E-state index in [0.717, 1.165) is 17.5 Å². The van der Waals surface area contributed by atoms with Crippen molar-refractivity contribution < 1.29 is 18.7 Å². The summed E-state index contributed by atoms with van der Waals surface area (Å²) in [6.07, 6.45) is 0. The molecule has 0 saturated heterocycles. The van der Waals surface area contributed by atoms with Crippen molar-refractivity contribution in [2.75, 3.05) is 6.54 Å². The second kappa shape index (κ2) is 6.26. The number of benzene rings is 2. The molecule has 0 aliphatic carbocycles. The van der Waals surface area contributed by atoms with Gasteiger partial charge in [0.1, 0.15) is 22.8 Å². The molecule has 0 fully saturated rings. The van der Waals surface area contributed by atoms with Crippen molar-refractivity contribution in [3.8, 4) is 0 Å². The second-order valence-electron chi connectivity index (χ2n) is 5.73. The molecule has 0 unspecified atom stereocenters. The Balaban J connectivity index is 1.75. The third-order valence-corrected chi connectivity index (χ3v) is 4.04. The number of hydrogen-bond acceptors (Lipinski definition) is 3. The van der Waals surface area contributed by atoms with Crippen LogP contribution in [0.1, 0.15) is 23.0 Å². The third kappa shape index (κ3) is 3.27. The summed E-state index contributed by atoms with van der Waals surface area (Å²) in [5.74, 6) is -0.684. The van der Waals surface area contributed by atoms with Crippen LogP contribution in [0.2, 0.25) is 5.02 Å². The van der Waals surface area contributed by atoms with Gasteiger partial charge in [-0.15, -0.1) is 0 Å². The van der Waals surface area contributed by atoms with E-state index in [9.17, 15) is 14.3 Å². The SMILES string of the molecule is C[C@](O)(CNC(=O)c1ccc(F)cc1Cl)c1cc2ccccc2o1. The van der Waals surface area contributed by atoms with Gasteiger partial charge < -0.3 is 14.8 Å². The van der Waals surface area contributed by atoms with Gasteiger partial charge >= 0.3 is 0 Å². The van der Waals surface area contributed by atoms with Crippen molar-refractivity contribution in [1.29, 1.82) is 0 Å². The lowest BCUT2D eigenvalue weighted by molar-refractivity contribution is 0.0344. The fraction of sp³-hybridized carbons (Fsp3) is 0.167. The molecule has 3 rings (SSSR count). The molecule has 0 aliphatic rings. The minimum atomic E-state index is -1.40. The maximum atomic E-state index is 13.0. The fourth-order valence-corrected chi connectivity index (χ4v) is 2.61. The number of furan rings is 1. The van der Waals surface area contributed by atoms with Gasteiger partial charge in [0, 0.05) is 5.39 Å². The molecule has 0 radical (unpaired) electrons. The van der Waals surface area contributed by atoms with Crippen molar-refractivity contribution in [3.05, 3.63) is 70.7 Å². The molecule has 1 atom stereocenters. The number of hydrogen-bond donors (Lipinski definition) is 2. The molecule has 1 aromatic heterocycles. The Morgan fingerprint density at radius 3 is 2.75 bits per heavy atom. The lowest BCUT2D eigenvalue weighted by atomic mass is 10.0. The maximum absolute atomic E-state index is 13.0. The number of carbonyl (C=O) groups is 1. The number of para-hydroxylation sites is 1. The molecule has 0 saturated carbocycles. The van der Waals surface area contributed by atoms with Gasteiger partial charge in [-0.05, 0) is 37.3 Å². The van der Waals surface area contributed by atoms with Crippen LogP contribution in [0.4, 0.5) is 4.39 Å². The predicted octanol–water partition coefficient (Wildman–Crippen LogP) is 3.86. The molecule has 4 nitrogen and oxygen atoms in total. The molecule has 1 amide bonds. The van der Waals surface area contributed by atoms with E-state index < -0.39 is 17.3 Å². The minimum Gasteiger partial charge on any atom is -0.458 e. The second-order valence-corrected chi connectivity index (χ2v) is 6.14. The standard InChI is InChI=1S/C18H15ClFNO3/c1-18(23,16-8-11-4-2-3-5-15(11)24-16)10-21-17(22)13-7-6-12(20)9-14(13)19/h2-9,23H,10H2,1H3,(H,21,22)/t18-/m0/s1. The Hall–Kier alpha value is -2.37. The summed E-state index contributed by atoms with van der Waals surface area (Å²) in [4.78, 5) is 12.2. The van der Waals surface area contributed by atoms with Crippen molar-refractivity contribution in [2.45, 2.75) is 12.5 Å². The zero-order chi connectivity index (χ0) is 17.3. The zero-order valence-corrected chi connectivity index (χ0v) is 13.6. The Labute approximate surface area is 142 Å². The van der Waals surface area contributed by atoms with Crippen molar-refractivity contribution in [3.63, 3.8) is 0 Å². The summed E-state index contributed by atoms with van der Waals surface area (Å²) in [6.45, 7) is 1.45. The first kappa shape index (κ1) is 16.5. The molecule has 0 bridgehead atoms. The number of rotatable bonds is 4. The van der Waals surface area contributed by atoms with Crippen molar-refractivity contribution in [1.82, 2.24) is 5.32 Å². The Morgan fingerprint density at radius 1 is 1.29 bits per heavy atom. The van der Waals surface area contributed by atoms with Gasteiger partial charge in [-0.25, -0.2) is 4.39 Å². The van der Waals surface area contributed by atoms with Crippen LogP contribution in [0.5, 0.6) is 0 Å². The van der Waals surface area contributed by atoms with E-state index in [0.29, 0.717) is 11.3 Å². The minimum absolute atomic E-state index is 0.0101. The largest absolute Gasteiger partial charge is 0.458 e. The first-order valence-electron chi connectivity index (χ1n) is 7.31. The zero-order valence-electron chi connectivity index (χ0n) is 12.8. The molecular formula is C18H15ClFNO3. The van der Waals surface area contributed by atoms with Gasteiger partial charge in [0.15, 0.2) is 0 Å². The predicted molar refractivity (Wildman–Crippen MR) is 89.5 cm³/mol. The van der Waals surface area contributed by atoms with E-state index >= 15 is 0 Å². The number of nitrogens with one attached hydrogen (secondary N) is 1. The number of fused-ring (bicyclic) bond motifs is 1. The number of halogens is 2. The van der Waals surface area contributed by atoms with Gasteiger partial charge in [0.25, 0.3) is 5.91 Å². The quantitative estimate of drug-likeness (QED) is 0.753. The topological polar surface area (TPSA) is 62.5 Å². The monoisotopic (exact) mass is 347 g/mol. The van der Waals surface area contributed by atoms with Crippen LogP contribution in [0.3, 0.4) is 0 Å². The van der Waals surface area contributed by atoms with Crippen LogP contribution in [0.15, 0.2) is 52.9 Å². The normalized spacial score (nSPS) is 13.7. The average molecular weight is 348 g/mol. The van der Waals surface area contributed by atoms with Gasteiger partial charge in [-0.2, -0.15) is 0 Å². The summed E-state index contributed by atoms with van der Waals surface area (Å²) >= 11 is 5.86. The van der Waals surface area contributed by atoms with E-state index in [4.69, 9.17) is 16.0 Å². The van der Waals surface area contributed by atoms with Gasteiger partial charge in [-0.3, -0.25) is 4.79 Å². The first-order valence-corrected chi connectivity index (χ1v) is 7.69. The average Bonchev–Trinajstić information content (AvgIpc) is 2.98. The summed E-state index contributed by atoms with van der Waals surface area (Å²) < 4.78 is 18.7.